The first-order valence-electron chi connectivity index (χ1n) is 9.74. The van der Waals surface area contributed by atoms with Crippen molar-refractivity contribution in [3.63, 3.8) is 0 Å². The number of hydrogen-bond donors (Lipinski definition) is 7. The molecule has 0 bridgehead atoms. The number of aromatic hydroxyl groups is 1. The molecule has 1 aromatic carbocycles. The topological polar surface area (TPSA) is 191 Å². The summed E-state index contributed by atoms with van der Waals surface area (Å²) in [6, 6.07) is 2.21. The molecule has 0 heterocycles. The molecule has 31 heavy (non-hydrogen) atoms. The Morgan fingerprint density at radius 3 is 2.06 bits per heavy atom. The van der Waals surface area contributed by atoms with Crippen LogP contribution in [0.1, 0.15) is 26.3 Å². The fraction of sp³-hybridized carbons (Fsp3) is 0.500. The molecule has 0 aliphatic carbocycles. The summed E-state index contributed by atoms with van der Waals surface area (Å²) in [6.45, 7) is 4.28. The van der Waals surface area contributed by atoms with E-state index in [0.717, 1.165) is 0 Å². The number of phenols is 1. The van der Waals surface area contributed by atoms with Gasteiger partial charge in [-0.3, -0.25) is 14.4 Å². The Morgan fingerprint density at radius 1 is 1.00 bits per heavy atom. The Bertz CT molecular complexity index is 780. The lowest BCUT2D eigenvalue weighted by Gasteiger charge is -2.23. The fourth-order valence-corrected chi connectivity index (χ4v) is 2.55. The predicted molar refractivity (Wildman–Crippen MR) is 111 cm³/mol. The maximum Gasteiger partial charge on any atom is 0.326 e. The van der Waals surface area contributed by atoms with Crippen molar-refractivity contribution in [3.8, 4) is 5.75 Å². The zero-order valence-electron chi connectivity index (χ0n) is 17.7. The van der Waals surface area contributed by atoms with Gasteiger partial charge in [-0.05, 0) is 30.5 Å². The number of benzene rings is 1. The number of aliphatic hydroxyl groups excluding tert-OH is 1. The monoisotopic (exact) mass is 438 g/mol. The lowest BCUT2D eigenvalue weighted by Crippen LogP contribution is -2.57. The molecule has 172 valence electrons. The van der Waals surface area contributed by atoms with E-state index in [1.54, 1.807) is 13.8 Å². The highest BCUT2D eigenvalue weighted by Crippen LogP contribution is 2.11. The SMILES string of the molecule is CC(C)C(N)C(=O)NCC(=O)NC(C(=O)NC(Cc1ccc(O)cc1)C(=O)O)C(C)O. The third-order valence-corrected chi connectivity index (χ3v) is 4.52. The molecule has 11 heteroatoms. The number of carboxylic acid groups (broad SMARTS) is 1. The third kappa shape index (κ3) is 8.60. The summed E-state index contributed by atoms with van der Waals surface area (Å²) in [6.07, 6.45) is -1.41. The first kappa shape index (κ1) is 25.9. The average molecular weight is 438 g/mol. The van der Waals surface area contributed by atoms with Crippen LogP contribution in [0.25, 0.3) is 0 Å². The molecule has 0 aliphatic rings. The molecular formula is C20H30N4O7. The van der Waals surface area contributed by atoms with E-state index in [1.807, 2.05) is 0 Å². The van der Waals surface area contributed by atoms with Gasteiger partial charge in [-0.2, -0.15) is 0 Å². The standard InChI is InChI=1S/C20H30N4O7/c1-10(2)16(21)18(28)22-9-15(27)24-17(11(3)25)19(29)23-14(20(30)31)8-12-4-6-13(26)7-5-12/h4-7,10-11,14,16-17,25-26H,8-9,21H2,1-3H3,(H,22,28)(H,23,29)(H,24,27)(H,30,31). The minimum Gasteiger partial charge on any atom is -0.508 e. The summed E-state index contributed by atoms with van der Waals surface area (Å²) in [7, 11) is 0. The second-order valence-corrected chi connectivity index (χ2v) is 7.54. The summed E-state index contributed by atoms with van der Waals surface area (Å²) < 4.78 is 0. The lowest BCUT2D eigenvalue weighted by atomic mass is 10.0. The number of aliphatic carboxylic acids is 1. The molecular weight excluding hydrogens is 408 g/mol. The van der Waals surface area contributed by atoms with Crippen molar-refractivity contribution >= 4 is 23.7 Å². The number of nitrogens with two attached hydrogens (primary N) is 1. The lowest BCUT2D eigenvalue weighted by molar-refractivity contribution is -0.142. The van der Waals surface area contributed by atoms with Crippen molar-refractivity contribution in [1.82, 2.24) is 16.0 Å². The van der Waals surface area contributed by atoms with Crippen LogP contribution in [0.2, 0.25) is 0 Å². The number of hydrogen-bond acceptors (Lipinski definition) is 7. The maximum absolute atomic E-state index is 12.5. The number of carbonyl (C=O) groups is 4. The molecule has 0 aromatic heterocycles. The van der Waals surface area contributed by atoms with E-state index in [-0.39, 0.29) is 18.1 Å². The van der Waals surface area contributed by atoms with Crippen LogP contribution in [0.3, 0.4) is 0 Å². The molecule has 4 unspecified atom stereocenters. The summed E-state index contributed by atoms with van der Waals surface area (Å²) >= 11 is 0. The Kier molecular flexibility index (Phi) is 9.90. The molecule has 0 saturated carbocycles. The van der Waals surface area contributed by atoms with Gasteiger partial charge in [-0.1, -0.05) is 26.0 Å². The van der Waals surface area contributed by atoms with Gasteiger partial charge in [0.1, 0.15) is 17.8 Å². The number of amides is 3. The fourth-order valence-electron chi connectivity index (χ4n) is 2.55. The first-order valence-corrected chi connectivity index (χ1v) is 9.74. The van der Waals surface area contributed by atoms with E-state index >= 15 is 0 Å². The number of aliphatic hydroxyl groups is 1. The van der Waals surface area contributed by atoms with Gasteiger partial charge >= 0.3 is 5.97 Å². The molecule has 1 aromatic rings. The van der Waals surface area contributed by atoms with Gasteiger partial charge in [0.15, 0.2) is 0 Å². The highest BCUT2D eigenvalue weighted by Gasteiger charge is 2.30. The van der Waals surface area contributed by atoms with E-state index in [9.17, 15) is 34.5 Å². The van der Waals surface area contributed by atoms with Crippen LogP contribution in [-0.4, -0.2) is 69.8 Å². The molecule has 1 rings (SSSR count). The number of phenolic OH excluding ortho intramolecular Hbond substituents is 1. The second kappa shape index (κ2) is 11.9. The molecule has 0 spiro atoms. The number of rotatable bonds is 11. The van der Waals surface area contributed by atoms with Gasteiger partial charge in [0.2, 0.25) is 17.7 Å². The zero-order chi connectivity index (χ0) is 23.7. The smallest absolute Gasteiger partial charge is 0.326 e. The van der Waals surface area contributed by atoms with Gasteiger partial charge in [-0.25, -0.2) is 4.79 Å². The van der Waals surface area contributed by atoms with Crippen molar-refractivity contribution in [2.24, 2.45) is 11.7 Å². The second-order valence-electron chi connectivity index (χ2n) is 7.54. The van der Waals surface area contributed by atoms with Gasteiger partial charge in [0.25, 0.3) is 0 Å². The van der Waals surface area contributed by atoms with Crippen LogP contribution in [-0.2, 0) is 25.6 Å². The Hall–Kier alpha value is -3.18. The van der Waals surface area contributed by atoms with E-state index in [4.69, 9.17) is 5.73 Å². The highest BCUT2D eigenvalue weighted by atomic mass is 16.4. The molecule has 0 radical (unpaired) electrons. The summed E-state index contributed by atoms with van der Waals surface area (Å²) in [5.74, 6) is -3.64. The molecule has 4 atom stereocenters. The maximum atomic E-state index is 12.5. The Morgan fingerprint density at radius 2 is 1.58 bits per heavy atom. The van der Waals surface area contributed by atoms with Crippen LogP contribution in [0, 0.1) is 5.92 Å². The summed E-state index contributed by atoms with van der Waals surface area (Å²) in [4.78, 5) is 48.0. The van der Waals surface area contributed by atoms with Gasteiger partial charge in [0.05, 0.1) is 18.7 Å². The van der Waals surface area contributed by atoms with Gasteiger partial charge in [0, 0.05) is 6.42 Å². The van der Waals surface area contributed by atoms with Gasteiger partial charge in [-0.15, -0.1) is 0 Å². The molecule has 11 nitrogen and oxygen atoms in total. The summed E-state index contributed by atoms with van der Waals surface area (Å²) in [5.41, 5.74) is 6.23. The van der Waals surface area contributed by atoms with Gasteiger partial charge < -0.3 is 37.0 Å². The summed E-state index contributed by atoms with van der Waals surface area (Å²) in [5, 5.41) is 35.5. The zero-order valence-corrected chi connectivity index (χ0v) is 17.7. The van der Waals surface area contributed by atoms with E-state index in [0.29, 0.717) is 5.56 Å². The number of carbonyl (C=O) groups excluding carboxylic acids is 3. The third-order valence-electron chi connectivity index (χ3n) is 4.52. The molecule has 0 aliphatic heterocycles. The Balaban J connectivity index is 2.73. The Labute approximate surface area is 180 Å². The number of nitrogens with one attached hydrogen (secondary N) is 3. The van der Waals surface area contributed by atoms with Crippen LogP contribution >= 0.6 is 0 Å². The molecule has 3 amide bonds. The van der Waals surface area contributed by atoms with E-state index < -0.39 is 54.5 Å². The molecule has 0 fully saturated rings. The number of carboxylic acids is 1. The van der Waals surface area contributed by atoms with Crippen molar-refractivity contribution in [2.75, 3.05) is 6.54 Å². The van der Waals surface area contributed by atoms with Crippen molar-refractivity contribution < 1.29 is 34.5 Å². The quantitative estimate of drug-likeness (QED) is 0.216. The van der Waals surface area contributed by atoms with Crippen molar-refractivity contribution in [1.29, 1.82) is 0 Å². The van der Waals surface area contributed by atoms with Crippen LogP contribution < -0.4 is 21.7 Å². The normalized spacial score (nSPS) is 14.8. The minimum absolute atomic E-state index is 0.0120. The van der Waals surface area contributed by atoms with Crippen LogP contribution in [0.4, 0.5) is 0 Å². The van der Waals surface area contributed by atoms with E-state index in [1.165, 1.54) is 31.2 Å². The van der Waals surface area contributed by atoms with Crippen molar-refractivity contribution in [3.05, 3.63) is 29.8 Å². The van der Waals surface area contributed by atoms with Crippen molar-refractivity contribution in [2.45, 2.75) is 51.4 Å². The minimum atomic E-state index is -1.44. The van der Waals surface area contributed by atoms with Crippen LogP contribution in [0.15, 0.2) is 24.3 Å². The van der Waals surface area contributed by atoms with Crippen LogP contribution in [0.5, 0.6) is 5.75 Å². The largest absolute Gasteiger partial charge is 0.508 e. The molecule has 8 N–H and O–H groups in total. The first-order chi connectivity index (χ1) is 14.4. The van der Waals surface area contributed by atoms with E-state index in [2.05, 4.69) is 16.0 Å². The molecule has 0 saturated heterocycles. The highest BCUT2D eigenvalue weighted by molar-refractivity contribution is 5.92. The predicted octanol–water partition coefficient (Wildman–Crippen LogP) is -1.53. The average Bonchev–Trinajstić information content (AvgIpc) is 2.70.